The fourth-order valence-electron chi connectivity index (χ4n) is 4.95. The van der Waals surface area contributed by atoms with Crippen LogP contribution >= 0.6 is 0 Å². The molecule has 1 N–H and O–H groups in total. The van der Waals surface area contributed by atoms with Crippen LogP contribution in [-0.2, 0) is 4.79 Å². The van der Waals surface area contributed by atoms with Gasteiger partial charge in [-0.15, -0.1) is 0 Å². The lowest BCUT2D eigenvalue weighted by Gasteiger charge is -2.40. The molecule has 6 heteroatoms. The number of nitrogens with one attached hydrogen (secondary N) is 1. The third-order valence-corrected chi connectivity index (χ3v) is 6.05. The fourth-order valence-corrected chi connectivity index (χ4v) is 4.95. The quantitative estimate of drug-likeness (QED) is 0.831. The van der Waals surface area contributed by atoms with E-state index in [-0.39, 0.29) is 23.6 Å². The number of fused-ring (bicyclic) bond motifs is 2. The van der Waals surface area contributed by atoms with E-state index in [1.54, 1.807) is 29.4 Å². The van der Waals surface area contributed by atoms with Crippen LogP contribution in [0.4, 0.5) is 0 Å². The average Bonchev–Trinajstić information content (AvgIpc) is 3.42. The second-order valence-corrected chi connectivity index (χ2v) is 9.36. The van der Waals surface area contributed by atoms with Gasteiger partial charge in [-0.1, -0.05) is 12.5 Å². The Kier molecular flexibility index (Phi) is 5.19. The van der Waals surface area contributed by atoms with E-state index in [1.807, 2.05) is 32.9 Å². The zero-order chi connectivity index (χ0) is 20.6. The maximum atomic E-state index is 13.6. The van der Waals surface area contributed by atoms with Crippen molar-refractivity contribution in [2.45, 2.75) is 64.1 Å². The molecule has 2 saturated carbocycles. The predicted octanol–water partition coefficient (Wildman–Crippen LogP) is 3.96. The van der Waals surface area contributed by atoms with Gasteiger partial charge in [0.1, 0.15) is 6.04 Å². The topological polar surface area (TPSA) is 75.4 Å². The number of hydrogen-bond acceptors (Lipinski definition) is 4. The molecule has 29 heavy (non-hydrogen) atoms. The summed E-state index contributed by atoms with van der Waals surface area (Å²) >= 11 is 0. The summed E-state index contributed by atoms with van der Waals surface area (Å²) in [5, 5.41) is 3.07. The van der Waals surface area contributed by atoms with Gasteiger partial charge in [-0.25, -0.2) is 0 Å². The molecule has 4 unspecified atom stereocenters. The van der Waals surface area contributed by atoms with Gasteiger partial charge in [-0.05, 0) is 70.1 Å². The highest BCUT2D eigenvalue weighted by Gasteiger charge is 2.48. The van der Waals surface area contributed by atoms with Crippen LogP contribution in [0.3, 0.4) is 0 Å². The maximum Gasteiger partial charge on any atom is 0.290 e. The second-order valence-electron chi connectivity index (χ2n) is 9.36. The summed E-state index contributed by atoms with van der Waals surface area (Å²) in [5.41, 5.74) is 0.308. The molecule has 0 saturated heterocycles. The van der Waals surface area contributed by atoms with Crippen LogP contribution < -0.4 is 5.32 Å². The molecule has 2 aromatic rings. The Morgan fingerprint density at radius 3 is 2.59 bits per heavy atom. The lowest BCUT2D eigenvalue weighted by Crippen LogP contribution is -2.53. The van der Waals surface area contributed by atoms with E-state index < -0.39 is 11.6 Å². The van der Waals surface area contributed by atoms with Gasteiger partial charge in [-0.3, -0.25) is 14.6 Å². The number of pyridine rings is 1. The molecular formula is C23H29N3O3. The Hall–Kier alpha value is -2.63. The van der Waals surface area contributed by atoms with Crippen molar-refractivity contribution in [2.75, 3.05) is 0 Å². The molecule has 0 aromatic carbocycles. The van der Waals surface area contributed by atoms with Gasteiger partial charge in [0.25, 0.3) is 5.91 Å². The first kappa shape index (κ1) is 19.7. The molecule has 0 radical (unpaired) electrons. The molecule has 2 fully saturated rings. The highest BCUT2D eigenvalue weighted by atomic mass is 16.3. The minimum Gasteiger partial charge on any atom is -0.459 e. The van der Waals surface area contributed by atoms with Crippen molar-refractivity contribution < 1.29 is 14.0 Å². The predicted molar refractivity (Wildman–Crippen MR) is 109 cm³/mol. The van der Waals surface area contributed by atoms with Crippen molar-refractivity contribution >= 4 is 11.8 Å². The first-order valence-electron chi connectivity index (χ1n) is 10.4. The van der Waals surface area contributed by atoms with Crippen LogP contribution in [0.5, 0.6) is 0 Å². The largest absolute Gasteiger partial charge is 0.459 e. The molecule has 2 bridgehead atoms. The highest BCUT2D eigenvalue weighted by molar-refractivity contribution is 5.96. The van der Waals surface area contributed by atoms with Gasteiger partial charge in [0.2, 0.25) is 5.91 Å². The molecule has 0 aliphatic heterocycles. The number of hydrogen-bond donors (Lipinski definition) is 1. The van der Waals surface area contributed by atoms with E-state index in [4.69, 9.17) is 4.42 Å². The van der Waals surface area contributed by atoms with E-state index >= 15 is 0 Å². The van der Waals surface area contributed by atoms with Crippen LogP contribution in [0.25, 0.3) is 0 Å². The van der Waals surface area contributed by atoms with Crippen molar-refractivity contribution in [3.8, 4) is 0 Å². The van der Waals surface area contributed by atoms with Crippen LogP contribution in [0.1, 0.15) is 68.6 Å². The number of nitrogens with zero attached hydrogens (tertiary/aromatic N) is 2. The zero-order valence-corrected chi connectivity index (χ0v) is 17.3. The molecule has 2 heterocycles. The van der Waals surface area contributed by atoms with E-state index in [9.17, 15) is 9.59 Å². The van der Waals surface area contributed by atoms with Crippen LogP contribution in [0.15, 0.2) is 47.3 Å². The molecule has 4 atom stereocenters. The molecule has 0 spiro atoms. The molecular weight excluding hydrogens is 366 g/mol. The molecule has 4 rings (SSSR count). The lowest BCUT2D eigenvalue weighted by atomic mass is 9.91. The van der Waals surface area contributed by atoms with Gasteiger partial charge in [-0.2, -0.15) is 0 Å². The third-order valence-electron chi connectivity index (χ3n) is 6.05. The summed E-state index contributed by atoms with van der Waals surface area (Å²) in [5.74, 6) is 0.918. The summed E-state index contributed by atoms with van der Waals surface area (Å²) in [6.07, 6.45) is 9.26. The molecule has 2 aromatic heterocycles. The Morgan fingerprint density at radius 2 is 2.03 bits per heavy atom. The Bertz CT molecular complexity index is 857. The Balaban J connectivity index is 1.77. The molecule has 2 aliphatic carbocycles. The van der Waals surface area contributed by atoms with Gasteiger partial charge >= 0.3 is 0 Å². The Labute approximate surface area is 171 Å². The number of rotatable bonds is 5. The first-order valence-corrected chi connectivity index (χ1v) is 10.4. The molecule has 6 nitrogen and oxygen atoms in total. The number of carbonyl (C=O) groups is 2. The van der Waals surface area contributed by atoms with Gasteiger partial charge in [0.05, 0.1) is 6.26 Å². The number of carbonyl (C=O) groups excluding carboxylic acids is 2. The van der Waals surface area contributed by atoms with Crippen molar-refractivity contribution in [3.63, 3.8) is 0 Å². The second kappa shape index (κ2) is 7.65. The average molecular weight is 396 g/mol. The molecule has 2 amide bonds. The number of amides is 2. The Morgan fingerprint density at radius 1 is 1.21 bits per heavy atom. The van der Waals surface area contributed by atoms with Crippen molar-refractivity contribution in [3.05, 3.63) is 54.2 Å². The number of aromatic nitrogens is 1. The standard InChI is InChI=1S/C23H29N3O3/c1-23(2,3)25-21(27)20(17-6-4-10-24-14-17)26(22(28)19-7-5-11-29-19)18-13-15-8-9-16(18)12-15/h4-7,10-11,14-16,18,20H,8-9,12-13H2,1-3H3,(H,25,27). The van der Waals surface area contributed by atoms with Crippen molar-refractivity contribution in [2.24, 2.45) is 11.8 Å². The van der Waals surface area contributed by atoms with Gasteiger partial charge in [0, 0.05) is 29.5 Å². The first-order chi connectivity index (χ1) is 13.8. The fraction of sp³-hybridized carbons (Fsp3) is 0.522. The summed E-state index contributed by atoms with van der Waals surface area (Å²) < 4.78 is 5.44. The SMILES string of the molecule is CC(C)(C)NC(=O)C(c1cccnc1)N(C(=O)c1ccco1)C1CC2CCC1C2. The minimum atomic E-state index is -0.745. The zero-order valence-electron chi connectivity index (χ0n) is 17.3. The smallest absolute Gasteiger partial charge is 0.290 e. The van der Waals surface area contributed by atoms with E-state index in [2.05, 4.69) is 10.3 Å². The maximum absolute atomic E-state index is 13.6. The summed E-state index contributed by atoms with van der Waals surface area (Å²) in [6.45, 7) is 5.84. The van der Waals surface area contributed by atoms with Gasteiger partial charge in [0.15, 0.2) is 5.76 Å². The van der Waals surface area contributed by atoms with E-state index in [1.165, 1.54) is 12.7 Å². The van der Waals surface area contributed by atoms with Crippen molar-refractivity contribution in [1.82, 2.24) is 15.2 Å². The van der Waals surface area contributed by atoms with Gasteiger partial charge < -0.3 is 14.6 Å². The summed E-state index contributed by atoms with van der Waals surface area (Å²) in [4.78, 5) is 33.1. The van der Waals surface area contributed by atoms with Crippen LogP contribution in [-0.4, -0.2) is 33.3 Å². The van der Waals surface area contributed by atoms with Crippen LogP contribution in [0.2, 0.25) is 0 Å². The monoisotopic (exact) mass is 395 g/mol. The minimum absolute atomic E-state index is 0.0299. The van der Waals surface area contributed by atoms with Crippen molar-refractivity contribution in [1.29, 1.82) is 0 Å². The summed E-state index contributed by atoms with van der Waals surface area (Å²) in [7, 11) is 0. The highest BCUT2D eigenvalue weighted by Crippen LogP contribution is 2.48. The molecule has 2 aliphatic rings. The van der Waals surface area contributed by atoms with E-state index in [0.29, 0.717) is 11.8 Å². The lowest BCUT2D eigenvalue weighted by molar-refractivity contribution is -0.128. The summed E-state index contributed by atoms with van der Waals surface area (Å²) in [6, 6.07) is 6.34. The third kappa shape index (κ3) is 4.07. The van der Waals surface area contributed by atoms with Crippen LogP contribution in [0, 0.1) is 11.8 Å². The van der Waals surface area contributed by atoms with E-state index in [0.717, 1.165) is 24.8 Å². The normalized spacial score (nSPS) is 24.3. The number of furan rings is 1. The molecule has 154 valence electrons.